The lowest BCUT2D eigenvalue weighted by atomic mass is 10.1. The zero-order chi connectivity index (χ0) is 18.8. The topological polar surface area (TPSA) is 38.1 Å². The number of carbonyl (C=O) groups is 1. The van der Waals surface area contributed by atoms with Crippen molar-refractivity contribution in [2.45, 2.75) is 18.7 Å². The monoisotopic (exact) mass is 397 g/mol. The van der Waals surface area contributed by atoms with Crippen LogP contribution in [0.4, 0.5) is 0 Å². The van der Waals surface area contributed by atoms with Crippen LogP contribution < -0.4 is 0 Å². The van der Waals surface area contributed by atoms with E-state index in [0.717, 1.165) is 46.1 Å². The Kier molecular flexibility index (Phi) is 5.23. The van der Waals surface area contributed by atoms with E-state index in [-0.39, 0.29) is 11.3 Å². The van der Waals surface area contributed by atoms with Gasteiger partial charge in [-0.15, -0.1) is 11.8 Å². The number of halogens is 1. The third kappa shape index (κ3) is 4.04. The summed E-state index contributed by atoms with van der Waals surface area (Å²) < 4.78 is 1.88. The largest absolute Gasteiger partial charge is 0.330 e. The first-order chi connectivity index (χ1) is 13.1. The highest BCUT2D eigenvalue weighted by molar-refractivity contribution is 8.00. The predicted octanol–water partition coefficient (Wildman–Crippen LogP) is 4.66. The molecule has 1 aliphatic rings. The first-order valence-corrected chi connectivity index (χ1v) is 10.3. The highest BCUT2D eigenvalue weighted by Crippen LogP contribution is 2.27. The van der Waals surface area contributed by atoms with Gasteiger partial charge in [0.1, 0.15) is 0 Å². The summed E-state index contributed by atoms with van der Waals surface area (Å²) >= 11 is 7.92. The van der Waals surface area contributed by atoms with Gasteiger partial charge in [0.2, 0.25) is 5.91 Å². The molecule has 0 aliphatic carbocycles. The highest BCUT2D eigenvalue weighted by atomic mass is 35.5. The average Bonchev–Trinajstić information content (AvgIpc) is 3.32. The maximum atomic E-state index is 11.7. The summed E-state index contributed by atoms with van der Waals surface area (Å²) in [4.78, 5) is 13.7. The summed E-state index contributed by atoms with van der Waals surface area (Å²) in [6, 6.07) is 16.1. The van der Waals surface area contributed by atoms with Crippen molar-refractivity contribution >= 4 is 29.3 Å². The van der Waals surface area contributed by atoms with E-state index in [0.29, 0.717) is 0 Å². The minimum atomic E-state index is 0.147. The zero-order valence-corrected chi connectivity index (χ0v) is 16.6. The molecular formula is C21H20ClN3OS. The Hall–Kier alpha value is -2.24. The van der Waals surface area contributed by atoms with Crippen molar-refractivity contribution < 1.29 is 4.79 Å². The summed E-state index contributed by atoms with van der Waals surface area (Å²) in [5.41, 5.74) is 4.36. The molecule has 0 bridgehead atoms. The Balaban J connectivity index is 1.49. The highest BCUT2D eigenvalue weighted by Gasteiger charge is 2.27. The Bertz CT molecular complexity index is 954. The Morgan fingerprint density at radius 3 is 2.78 bits per heavy atom. The molecule has 138 valence electrons. The molecule has 2 heterocycles. The van der Waals surface area contributed by atoms with Crippen molar-refractivity contribution in [3.05, 3.63) is 71.5 Å². The third-order valence-corrected chi connectivity index (χ3v) is 6.19. The van der Waals surface area contributed by atoms with Crippen LogP contribution in [0.1, 0.15) is 12.5 Å². The van der Waals surface area contributed by atoms with Gasteiger partial charge in [0, 0.05) is 36.9 Å². The van der Waals surface area contributed by atoms with Gasteiger partial charge >= 0.3 is 0 Å². The molecule has 1 amide bonds. The molecule has 0 saturated carbocycles. The molecule has 1 atom stereocenters. The van der Waals surface area contributed by atoms with Gasteiger partial charge < -0.3 is 4.90 Å². The van der Waals surface area contributed by atoms with E-state index in [1.807, 2.05) is 58.0 Å². The van der Waals surface area contributed by atoms with E-state index >= 15 is 0 Å². The predicted molar refractivity (Wildman–Crippen MR) is 111 cm³/mol. The molecule has 1 aliphatic heterocycles. The van der Waals surface area contributed by atoms with Crippen molar-refractivity contribution in [1.29, 1.82) is 0 Å². The van der Waals surface area contributed by atoms with E-state index in [2.05, 4.69) is 29.4 Å². The maximum Gasteiger partial charge on any atom is 0.220 e. The summed E-state index contributed by atoms with van der Waals surface area (Å²) in [6.07, 6.45) is 4.76. The molecule has 27 heavy (non-hydrogen) atoms. The fourth-order valence-corrected chi connectivity index (χ4v) is 4.84. The van der Waals surface area contributed by atoms with E-state index in [1.54, 1.807) is 6.92 Å². The summed E-state index contributed by atoms with van der Waals surface area (Å²) in [5, 5.41) is 5.45. The van der Waals surface area contributed by atoms with Crippen LogP contribution in [0.3, 0.4) is 0 Å². The minimum Gasteiger partial charge on any atom is -0.330 e. The van der Waals surface area contributed by atoms with E-state index in [1.165, 1.54) is 0 Å². The summed E-state index contributed by atoms with van der Waals surface area (Å²) in [6.45, 7) is 2.48. The molecule has 6 heteroatoms. The lowest BCUT2D eigenvalue weighted by Crippen LogP contribution is -2.34. The summed E-state index contributed by atoms with van der Waals surface area (Å²) in [7, 11) is 0. The van der Waals surface area contributed by atoms with Gasteiger partial charge in [-0.2, -0.15) is 5.10 Å². The van der Waals surface area contributed by atoms with Gasteiger partial charge in [0.05, 0.1) is 17.3 Å². The molecule has 1 unspecified atom stereocenters. The van der Waals surface area contributed by atoms with Crippen LogP contribution in [-0.2, 0) is 11.2 Å². The van der Waals surface area contributed by atoms with E-state index < -0.39 is 0 Å². The molecule has 1 fully saturated rings. The number of benzene rings is 2. The molecule has 0 radical (unpaired) electrons. The van der Waals surface area contributed by atoms with Crippen molar-refractivity contribution in [3.63, 3.8) is 0 Å². The Labute approximate surface area is 168 Å². The molecule has 1 saturated heterocycles. The van der Waals surface area contributed by atoms with E-state index in [4.69, 9.17) is 11.6 Å². The van der Waals surface area contributed by atoms with Crippen LogP contribution in [0, 0.1) is 0 Å². The van der Waals surface area contributed by atoms with Gasteiger partial charge in [-0.1, -0.05) is 35.9 Å². The second-order valence-electron chi connectivity index (χ2n) is 6.59. The van der Waals surface area contributed by atoms with Crippen molar-refractivity contribution in [2.24, 2.45) is 0 Å². The quantitative estimate of drug-likeness (QED) is 0.642. The lowest BCUT2D eigenvalue weighted by Gasteiger charge is -2.21. The second-order valence-corrected chi connectivity index (χ2v) is 8.31. The van der Waals surface area contributed by atoms with Gasteiger partial charge in [-0.05, 0) is 41.0 Å². The maximum absolute atomic E-state index is 11.7. The normalized spacial score (nSPS) is 16.7. The number of hydrogen-bond donors (Lipinski definition) is 0. The average molecular weight is 398 g/mol. The van der Waals surface area contributed by atoms with Gasteiger partial charge in [-0.3, -0.25) is 4.79 Å². The summed E-state index contributed by atoms with van der Waals surface area (Å²) in [5.74, 6) is 1.15. The number of nitrogens with zero attached hydrogens (tertiary/aromatic N) is 3. The van der Waals surface area contributed by atoms with Gasteiger partial charge in [-0.25, -0.2) is 4.68 Å². The van der Waals surface area contributed by atoms with Crippen LogP contribution in [0.25, 0.3) is 16.8 Å². The van der Waals surface area contributed by atoms with Crippen LogP contribution in [0.5, 0.6) is 0 Å². The fourth-order valence-electron chi connectivity index (χ4n) is 3.33. The SMILES string of the molecule is CC(=O)N1CCSC1Cc1cnn(-c2ccc(-c3cccc(Cl)c3)cc2)c1. The second kappa shape index (κ2) is 7.79. The lowest BCUT2D eigenvalue weighted by molar-refractivity contribution is -0.128. The molecule has 1 aromatic heterocycles. The fraction of sp³-hybridized carbons (Fsp3) is 0.238. The van der Waals surface area contributed by atoms with Crippen LogP contribution in [0.2, 0.25) is 5.02 Å². The number of thioether (sulfide) groups is 1. The molecule has 2 aromatic carbocycles. The molecule has 0 N–H and O–H groups in total. The molecule has 0 spiro atoms. The first kappa shape index (κ1) is 18.1. The zero-order valence-electron chi connectivity index (χ0n) is 15.0. The molecule has 4 rings (SSSR count). The number of rotatable bonds is 4. The van der Waals surface area contributed by atoms with Crippen molar-refractivity contribution in [1.82, 2.24) is 14.7 Å². The number of amides is 1. The Morgan fingerprint density at radius 2 is 2.04 bits per heavy atom. The molecule has 4 nitrogen and oxygen atoms in total. The third-order valence-electron chi connectivity index (χ3n) is 4.73. The van der Waals surface area contributed by atoms with Crippen molar-refractivity contribution in [2.75, 3.05) is 12.3 Å². The van der Waals surface area contributed by atoms with E-state index in [9.17, 15) is 4.79 Å². The number of carbonyl (C=O) groups excluding carboxylic acids is 1. The number of aromatic nitrogens is 2. The van der Waals surface area contributed by atoms with Crippen LogP contribution in [0.15, 0.2) is 60.9 Å². The van der Waals surface area contributed by atoms with Crippen LogP contribution in [-0.4, -0.2) is 38.3 Å². The van der Waals surface area contributed by atoms with Crippen LogP contribution >= 0.6 is 23.4 Å². The smallest absolute Gasteiger partial charge is 0.220 e. The van der Waals surface area contributed by atoms with Gasteiger partial charge in [0.15, 0.2) is 0 Å². The van der Waals surface area contributed by atoms with Crippen molar-refractivity contribution in [3.8, 4) is 16.8 Å². The minimum absolute atomic E-state index is 0.147. The number of hydrogen-bond acceptors (Lipinski definition) is 3. The standard InChI is InChI=1S/C21H20ClN3OS/c1-15(26)24-9-10-27-21(24)11-16-13-23-25(14-16)20-7-5-17(6-8-20)18-3-2-4-19(22)12-18/h2-8,12-14,21H,9-11H2,1H3. The molecule has 3 aromatic rings. The van der Waals surface area contributed by atoms with Gasteiger partial charge in [0.25, 0.3) is 0 Å². The Morgan fingerprint density at radius 1 is 1.22 bits per heavy atom. The first-order valence-electron chi connectivity index (χ1n) is 8.89. The molecular weight excluding hydrogens is 378 g/mol.